The molecule has 0 radical (unpaired) electrons. The van der Waals surface area contributed by atoms with Gasteiger partial charge in [-0.15, -0.1) is 0 Å². The zero-order valence-electron chi connectivity index (χ0n) is 21.0. The molecule has 196 valence electrons. The zero-order chi connectivity index (χ0) is 27.6. The minimum Gasteiger partial charge on any atom is -0.508 e. The van der Waals surface area contributed by atoms with E-state index in [0.717, 1.165) is 0 Å². The number of nitrogens with zero attached hydrogens (tertiary/aromatic N) is 1. The average molecular weight is 511 g/mol. The van der Waals surface area contributed by atoms with Crippen LogP contribution in [0.3, 0.4) is 0 Å². The Morgan fingerprint density at radius 3 is 2.38 bits per heavy atom. The Hall–Kier alpha value is -3.76. The van der Waals surface area contributed by atoms with Crippen molar-refractivity contribution in [2.45, 2.75) is 38.3 Å². The van der Waals surface area contributed by atoms with Gasteiger partial charge in [-0.3, -0.25) is 24.1 Å². The lowest BCUT2D eigenvalue weighted by atomic mass is 9.57. The molecule has 10 nitrogen and oxygen atoms in total. The second kappa shape index (κ2) is 8.97. The third kappa shape index (κ3) is 3.79. The van der Waals surface area contributed by atoms with Gasteiger partial charge < -0.3 is 26.2 Å². The van der Waals surface area contributed by atoms with Crippen molar-refractivity contribution >= 4 is 35.1 Å². The molecule has 4 rings (SSSR count). The summed E-state index contributed by atoms with van der Waals surface area (Å²) in [5.41, 5.74) is 2.60. The molecule has 3 aliphatic rings. The van der Waals surface area contributed by atoms with Crippen molar-refractivity contribution in [3.8, 4) is 5.75 Å². The van der Waals surface area contributed by atoms with E-state index in [1.807, 2.05) is 0 Å². The van der Waals surface area contributed by atoms with E-state index in [0.29, 0.717) is 11.1 Å². The average Bonchev–Trinajstić information content (AvgIpc) is 2.80. The quantitative estimate of drug-likeness (QED) is 0.287. The van der Waals surface area contributed by atoms with E-state index in [4.69, 9.17) is 5.73 Å². The summed E-state index contributed by atoms with van der Waals surface area (Å²) in [5, 5.41) is 44.3. The summed E-state index contributed by atoms with van der Waals surface area (Å²) in [6.45, 7) is 3.52. The molecule has 6 N–H and O–H groups in total. The fraction of sp³-hybridized carbons (Fsp3) is 0.407. The minimum atomic E-state index is -2.68. The summed E-state index contributed by atoms with van der Waals surface area (Å²) in [5.74, 6) is -7.34. The van der Waals surface area contributed by atoms with Gasteiger partial charge >= 0.3 is 0 Å². The number of amides is 1. The number of aliphatic hydroxyl groups is 3. The molecule has 0 unspecified atom stereocenters. The molecule has 0 heterocycles. The molecule has 1 saturated carbocycles. The van der Waals surface area contributed by atoms with Gasteiger partial charge in [-0.1, -0.05) is 26.0 Å². The van der Waals surface area contributed by atoms with Crippen molar-refractivity contribution in [3.63, 3.8) is 0 Å². The third-order valence-corrected chi connectivity index (χ3v) is 7.64. The van der Waals surface area contributed by atoms with Crippen molar-refractivity contribution in [1.82, 2.24) is 4.90 Å². The number of nitrogens with two attached hydrogens (primary N) is 1. The molecule has 0 aliphatic heterocycles. The van der Waals surface area contributed by atoms with Crippen LogP contribution in [0, 0.1) is 17.8 Å². The molecule has 1 aromatic carbocycles. The normalized spacial score (nSPS) is 27.6. The summed E-state index contributed by atoms with van der Waals surface area (Å²) in [7, 11) is 3.08. The number of phenols is 1. The first-order chi connectivity index (χ1) is 17.2. The number of aliphatic hydroxyl groups excluding tert-OH is 2. The largest absolute Gasteiger partial charge is 0.508 e. The van der Waals surface area contributed by atoms with Crippen molar-refractivity contribution < 1.29 is 39.6 Å². The highest BCUT2D eigenvalue weighted by molar-refractivity contribution is 6.24. The number of rotatable bonds is 5. The molecule has 4 atom stereocenters. The first-order valence-corrected chi connectivity index (χ1v) is 11.9. The second-order valence-corrected chi connectivity index (χ2v) is 10.4. The molecule has 3 aliphatic carbocycles. The van der Waals surface area contributed by atoms with Crippen LogP contribution in [0.2, 0.25) is 0 Å². The van der Waals surface area contributed by atoms with E-state index in [9.17, 15) is 39.6 Å². The van der Waals surface area contributed by atoms with Crippen LogP contribution in [0.1, 0.15) is 37.0 Å². The van der Waals surface area contributed by atoms with Gasteiger partial charge in [0.15, 0.2) is 17.2 Å². The van der Waals surface area contributed by atoms with Crippen LogP contribution >= 0.6 is 0 Å². The van der Waals surface area contributed by atoms with Crippen LogP contribution in [0.4, 0.5) is 0 Å². The number of benzene rings is 1. The number of allylic oxidation sites excluding steroid dienone is 1. The van der Waals surface area contributed by atoms with Gasteiger partial charge in [0, 0.05) is 17.4 Å². The van der Waals surface area contributed by atoms with Gasteiger partial charge in [0.2, 0.25) is 5.78 Å². The van der Waals surface area contributed by atoms with Crippen LogP contribution < -0.4 is 5.73 Å². The number of primary amides is 1. The lowest BCUT2D eigenvalue weighted by Gasteiger charge is -2.50. The van der Waals surface area contributed by atoms with Gasteiger partial charge in [0.1, 0.15) is 22.8 Å². The number of hydrogen-bond donors (Lipinski definition) is 5. The van der Waals surface area contributed by atoms with Crippen LogP contribution in [0.15, 0.2) is 35.1 Å². The first kappa shape index (κ1) is 26.3. The molecular weight excluding hydrogens is 480 g/mol. The first-order valence-electron chi connectivity index (χ1n) is 11.9. The Morgan fingerprint density at radius 2 is 1.81 bits per heavy atom. The zero-order valence-corrected chi connectivity index (χ0v) is 21.0. The van der Waals surface area contributed by atoms with E-state index < -0.39 is 58.0 Å². The molecule has 1 amide bonds. The number of hydrogen-bond acceptors (Lipinski definition) is 9. The lowest BCUT2D eigenvalue weighted by molar-refractivity contribution is -0.153. The Kier molecular flexibility index (Phi) is 6.37. The maximum Gasteiger partial charge on any atom is 0.255 e. The number of aromatic hydroxyl groups is 1. The van der Waals surface area contributed by atoms with Crippen LogP contribution in [0.5, 0.6) is 5.75 Å². The van der Waals surface area contributed by atoms with Gasteiger partial charge in [-0.2, -0.15) is 0 Å². The summed E-state index contributed by atoms with van der Waals surface area (Å²) in [6, 6.07) is 1.77. The Balaban J connectivity index is 1.92. The second-order valence-electron chi connectivity index (χ2n) is 10.4. The summed E-state index contributed by atoms with van der Waals surface area (Å²) in [6.07, 6.45) is 3.14. The number of Topliss-reactive ketones (excluding diaryl/α,β-unsaturated/α-hetero) is 2. The number of carbonyl (C=O) groups excluding carboxylic acids is 4. The number of ketones is 3. The predicted octanol–water partition coefficient (Wildman–Crippen LogP) is 1.20. The van der Waals surface area contributed by atoms with Crippen LogP contribution in [-0.4, -0.2) is 74.3 Å². The number of phenolic OH excluding ortho intramolecular Hbond substituents is 1. The van der Waals surface area contributed by atoms with Crippen LogP contribution in [-0.2, 0) is 25.6 Å². The highest BCUT2D eigenvalue weighted by Crippen LogP contribution is 2.53. The number of carbonyl (C=O) groups is 4. The van der Waals surface area contributed by atoms with Gasteiger partial charge in [-0.25, -0.2) is 0 Å². The molecule has 37 heavy (non-hydrogen) atoms. The van der Waals surface area contributed by atoms with E-state index in [1.54, 1.807) is 40.1 Å². The van der Waals surface area contributed by atoms with E-state index in [1.165, 1.54) is 17.0 Å². The molecule has 0 bridgehead atoms. The standard InChI is InChI=1S/C27H30N2O8/c1-11(2)16(30)7-5-12-6-8-17(31)19-14(12)9-13-10-15-21(29(3)4)23(33)20(26(28)36)25(35)27(15,37)24(34)18(13)22(19)32/h5-8,11,13,15,21,31-32,35,37H,9-10H2,1-4H3,(H2,28,36)/b7-5+/t13-,15-,21-,27-/m0/s1. The fourth-order valence-electron chi connectivity index (χ4n) is 5.79. The van der Waals surface area contributed by atoms with Gasteiger partial charge in [-0.05, 0) is 56.1 Å². The molecular formula is C27H30N2O8. The molecule has 10 heteroatoms. The van der Waals surface area contributed by atoms with E-state index in [2.05, 4.69) is 0 Å². The lowest BCUT2D eigenvalue weighted by Crippen LogP contribution is -2.65. The molecule has 1 aromatic rings. The smallest absolute Gasteiger partial charge is 0.255 e. The topological polar surface area (TPSA) is 178 Å². The Bertz CT molecular complexity index is 1340. The predicted molar refractivity (Wildman–Crippen MR) is 133 cm³/mol. The molecule has 0 aromatic heterocycles. The van der Waals surface area contributed by atoms with E-state index in [-0.39, 0.29) is 41.4 Å². The molecule has 0 saturated heterocycles. The van der Waals surface area contributed by atoms with E-state index >= 15 is 0 Å². The summed E-state index contributed by atoms with van der Waals surface area (Å²) in [4.78, 5) is 52.5. The SMILES string of the molecule is CC(C)C(=O)/C=C/c1ccc(O)c2c1C[C@H]1C[C@H]3[C@H](N(C)C)C(=O)C(C(N)=O)=C(O)[C@@]3(O)C(=O)C1=C2O. The number of fused-ring (bicyclic) bond motifs is 3. The minimum absolute atomic E-state index is 0.00447. The summed E-state index contributed by atoms with van der Waals surface area (Å²) < 4.78 is 0. The maximum atomic E-state index is 13.8. The van der Waals surface area contributed by atoms with Crippen molar-refractivity contribution in [1.29, 1.82) is 0 Å². The number of likely N-dealkylation sites (N-methyl/N-ethyl adjacent to an activating group) is 1. The highest BCUT2D eigenvalue weighted by atomic mass is 16.3. The molecule has 0 spiro atoms. The van der Waals surface area contributed by atoms with Crippen molar-refractivity contribution in [3.05, 3.63) is 51.8 Å². The third-order valence-electron chi connectivity index (χ3n) is 7.64. The fourth-order valence-corrected chi connectivity index (χ4v) is 5.79. The highest BCUT2D eigenvalue weighted by Gasteiger charge is 2.64. The Labute approximate surface area is 213 Å². The van der Waals surface area contributed by atoms with Gasteiger partial charge in [0.25, 0.3) is 5.91 Å². The van der Waals surface area contributed by atoms with Gasteiger partial charge in [0.05, 0.1) is 11.6 Å². The van der Waals surface area contributed by atoms with Crippen LogP contribution in [0.25, 0.3) is 11.8 Å². The summed E-state index contributed by atoms with van der Waals surface area (Å²) >= 11 is 0. The Morgan fingerprint density at radius 1 is 1.16 bits per heavy atom. The molecule has 1 fully saturated rings. The van der Waals surface area contributed by atoms with Crippen molar-refractivity contribution in [2.24, 2.45) is 23.5 Å². The van der Waals surface area contributed by atoms with Crippen molar-refractivity contribution in [2.75, 3.05) is 14.1 Å². The maximum absolute atomic E-state index is 13.8. The monoisotopic (exact) mass is 510 g/mol.